The normalized spacial score (nSPS) is 20.6. The van der Waals surface area contributed by atoms with E-state index < -0.39 is 0 Å². The summed E-state index contributed by atoms with van der Waals surface area (Å²) in [7, 11) is 0. The summed E-state index contributed by atoms with van der Waals surface area (Å²) in [6, 6.07) is 7.05. The van der Waals surface area contributed by atoms with Crippen LogP contribution in [0.15, 0.2) is 24.3 Å². The molecule has 4 heteroatoms. The third kappa shape index (κ3) is 2.58. The zero-order chi connectivity index (χ0) is 11.4. The van der Waals surface area contributed by atoms with Crippen molar-refractivity contribution in [2.75, 3.05) is 13.1 Å². The largest absolute Gasteiger partial charge is 0.316 e. The molecular formula is C12H16N2O2. The number of nitrogens with zero attached hydrogens (tertiary/aromatic N) is 1. The third-order valence-corrected chi connectivity index (χ3v) is 3.10. The minimum absolute atomic E-state index is 0.257. The molecule has 86 valence electrons. The second kappa shape index (κ2) is 5.07. The van der Waals surface area contributed by atoms with Crippen molar-refractivity contribution in [1.82, 2.24) is 5.32 Å². The number of para-hydroxylation sites is 1. The molecule has 1 aromatic rings. The topological polar surface area (TPSA) is 55.2 Å². The number of benzene rings is 1. The van der Waals surface area contributed by atoms with Crippen LogP contribution in [0.2, 0.25) is 0 Å². The molecule has 1 heterocycles. The van der Waals surface area contributed by atoms with Crippen LogP contribution in [0.1, 0.15) is 18.4 Å². The lowest BCUT2D eigenvalue weighted by Crippen LogP contribution is -2.30. The number of piperidine rings is 1. The van der Waals surface area contributed by atoms with E-state index in [4.69, 9.17) is 0 Å². The van der Waals surface area contributed by atoms with Crippen LogP contribution in [0.25, 0.3) is 0 Å². The van der Waals surface area contributed by atoms with Crippen LogP contribution in [-0.2, 0) is 6.42 Å². The quantitative estimate of drug-likeness (QED) is 0.627. The van der Waals surface area contributed by atoms with Gasteiger partial charge in [-0.05, 0) is 38.3 Å². The first-order valence-corrected chi connectivity index (χ1v) is 5.70. The van der Waals surface area contributed by atoms with E-state index in [2.05, 4.69) is 5.32 Å². The Morgan fingerprint density at radius 3 is 2.94 bits per heavy atom. The number of nitro benzene ring substituents is 1. The molecule has 1 aliphatic rings. The summed E-state index contributed by atoms with van der Waals surface area (Å²) >= 11 is 0. The molecule has 16 heavy (non-hydrogen) atoms. The fourth-order valence-corrected chi connectivity index (χ4v) is 2.27. The lowest BCUT2D eigenvalue weighted by molar-refractivity contribution is -0.385. The lowest BCUT2D eigenvalue weighted by Gasteiger charge is -2.22. The van der Waals surface area contributed by atoms with Gasteiger partial charge in [0.05, 0.1) is 4.92 Å². The van der Waals surface area contributed by atoms with Crippen molar-refractivity contribution in [3.63, 3.8) is 0 Å². The molecular weight excluding hydrogens is 204 g/mol. The molecule has 0 amide bonds. The molecule has 1 aliphatic heterocycles. The van der Waals surface area contributed by atoms with Gasteiger partial charge in [-0.15, -0.1) is 0 Å². The molecule has 0 unspecified atom stereocenters. The van der Waals surface area contributed by atoms with Crippen molar-refractivity contribution in [2.24, 2.45) is 5.92 Å². The van der Waals surface area contributed by atoms with Crippen molar-refractivity contribution in [3.8, 4) is 0 Å². The van der Waals surface area contributed by atoms with E-state index in [9.17, 15) is 10.1 Å². The Morgan fingerprint density at radius 1 is 1.44 bits per heavy atom. The summed E-state index contributed by atoms with van der Waals surface area (Å²) in [5, 5.41) is 14.2. The average Bonchev–Trinajstić information content (AvgIpc) is 2.31. The predicted octanol–water partition coefficient (Wildman–Crippen LogP) is 2.14. The molecule has 0 aliphatic carbocycles. The second-order valence-electron chi connectivity index (χ2n) is 4.30. The van der Waals surface area contributed by atoms with Gasteiger partial charge in [0.15, 0.2) is 0 Å². The maximum absolute atomic E-state index is 10.9. The molecule has 0 radical (unpaired) electrons. The van der Waals surface area contributed by atoms with Gasteiger partial charge in [-0.2, -0.15) is 0 Å². The van der Waals surface area contributed by atoms with Crippen molar-refractivity contribution < 1.29 is 4.92 Å². The van der Waals surface area contributed by atoms with Gasteiger partial charge in [0.1, 0.15) is 0 Å². The molecule has 1 aromatic carbocycles. The van der Waals surface area contributed by atoms with Gasteiger partial charge in [0, 0.05) is 11.6 Å². The minimum Gasteiger partial charge on any atom is -0.316 e. The Bertz CT molecular complexity index is 373. The fraction of sp³-hybridized carbons (Fsp3) is 0.500. The van der Waals surface area contributed by atoms with Crippen LogP contribution >= 0.6 is 0 Å². The predicted molar refractivity (Wildman–Crippen MR) is 62.4 cm³/mol. The highest BCUT2D eigenvalue weighted by molar-refractivity contribution is 5.40. The molecule has 1 fully saturated rings. The highest BCUT2D eigenvalue weighted by atomic mass is 16.6. The van der Waals surface area contributed by atoms with Gasteiger partial charge < -0.3 is 5.32 Å². The summed E-state index contributed by atoms with van der Waals surface area (Å²) in [5.74, 6) is 0.537. The Morgan fingerprint density at radius 2 is 2.25 bits per heavy atom. The SMILES string of the molecule is O=[N+]([O-])c1ccccc1C[C@@H]1CCCNC1. The first-order valence-electron chi connectivity index (χ1n) is 5.70. The Kier molecular flexibility index (Phi) is 3.51. The van der Waals surface area contributed by atoms with Gasteiger partial charge >= 0.3 is 0 Å². The van der Waals surface area contributed by atoms with Gasteiger partial charge in [-0.3, -0.25) is 10.1 Å². The number of hydrogen-bond donors (Lipinski definition) is 1. The monoisotopic (exact) mass is 220 g/mol. The lowest BCUT2D eigenvalue weighted by atomic mass is 9.92. The summed E-state index contributed by atoms with van der Waals surface area (Å²) in [5.41, 5.74) is 1.12. The van der Waals surface area contributed by atoms with Crippen LogP contribution in [0.5, 0.6) is 0 Å². The second-order valence-corrected chi connectivity index (χ2v) is 4.30. The molecule has 1 atom stereocenters. The van der Waals surface area contributed by atoms with Crippen molar-refractivity contribution in [2.45, 2.75) is 19.3 Å². The van der Waals surface area contributed by atoms with Gasteiger partial charge in [-0.25, -0.2) is 0 Å². The molecule has 0 bridgehead atoms. The summed E-state index contributed by atoms with van der Waals surface area (Å²) in [6.45, 7) is 2.05. The zero-order valence-corrected chi connectivity index (χ0v) is 9.19. The maximum Gasteiger partial charge on any atom is 0.272 e. The number of nitro groups is 1. The average molecular weight is 220 g/mol. The standard InChI is InChI=1S/C12H16N2O2/c15-14(16)12-6-2-1-5-11(12)8-10-4-3-7-13-9-10/h1-2,5-6,10,13H,3-4,7-9H2/t10-/m0/s1. The number of rotatable bonds is 3. The van der Waals surface area contributed by atoms with Crippen LogP contribution in [0, 0.1) is 16.0 Å². The van der Waals surface area contributed by atoms with Gasteiger partial charge in [-0.1, -0.05) is 18.2 Å². The van der Waals surface area contributed by atoms with Crippen molar-refractivity contribution in [1.29, 1.82) is 0 Å². The first-order chi connectivity index (χ1) is 7.77. The van der Waals surface area contributed by atoms with Gasteiger partial charge in [0.25, 0.3) is 5.69 Å². The molecule has 2 rings (SSSR count). The van der Waals surface area contributed by atoms with Crippen LogP contribution in [-0.4, -0.2) is 18.0 Å². The van der Waals surface area contributed by atoms with Crippen LogP contribution in [0.4, 0.5) is 5.69 Å². The van der Waals surface area contributed by atoms with Crippen molar-refractivity contribution >= 4 is 5.69 Å². The summed E-state index contributed by atoms with van der Waals surface area (Å²) in [4.78, 5) is 10.6. The van der Waals surface area contributed by atoms with E-state index in [-0.39, 0.29) is 10.6 Å². The molecule has 0 saturated carbocycles. The molecule has 4 nitrogen and oxygen atoms in total. The van der Waals surface area contributed by atoms with E-state index in [0.29, 0.717) is 5.92 Å². The van der Waals surface area contributed by atoms with Crippen LogP contribution in [0.3, 0.4) is 0 Å². The molecule has 0 aromatic heterocycles. The smallest absolute Gasteiger partial charge is 0.272 e. The summed E-state index contributed by atoms with van der Waals surface area (Å²) < 4.78 is 0. The number of nitrogens with one attached hydrogen (secondary N) is 1. The molecule has 1 saturated heterocycles. The molecule has 0 spiro atoms. The summed E-state index contributed by atoms with van der Waals surface area (Å²) in [6.07, 6.45) is 3.15. The van der Waals surface area contributed by atoms with E-state index in [0.717, 1.165) is 25.1 Å². The number of hydrogen-bond acceptors (Lipinski definition) is 3. The Labute approximate surface area is 94.8 Å². The maximum atomic E-state index is 10.9. The zero-order valence-electron chi connectivity index (χ0n) is 9.19. The highest BCUT2D eigenvalue weighted by Gasteiger charge is 2.18. The van der Waals surface area contributed by atoms with E-state index in [1.165, 1.54) is 12.8 Å². The third-order valence-electron chi connectivity index (χ3n) is 3.10. The van der Waals surface area contributed by atoms with E-state index in [1.54, 1.807) is 12.1 Å². The van der Waals surface area contributed by atoms with E-state index >= 15 is 0 Å². The highest BCUT2D eigenvalue weighted by Crippen LogP contribution is 2.23. The fourth-order valence-electron chi connectivity index (χ4n) is 2.27. The van der Waals surface area contributed by atoms with E-state index in [1.807, 2.05) is 12.1 Å². The Balaban J connectivity index is 2.10. The van der Waals surface area contributed by atoms with Gasteiger partial charge in [0.2, 0.25) is 0 Å². The first kappa shape index (κ1) is 11.1. The minimum atomic E-state index is -0.286. The van der Waals surface area contributed by atoms with Crippen molar-refractivity contribution in [3.05, 3.63) is 39.9 Å². The molecule has 1 N–H and O–H groups in total. The Hall–Kier alpha value is -1.42. The van der Waals surface area contributed by atoms with Crippen LogP contribution < -0.4 is 5.32 Å².